The van der Waals surface area contributed by atoms with Crippen LogP contribution < -0.4 is 27.4 Å². The lowest BCUT2D eigenvalue weighted by Gasteiger charge is -2.30. The van der Waals surface area contributed by atoms with Crippen molar-refractivity contribution in [3.8, 4) is 0 Å². The number of halogens is 1. The normalized spacial score (nSPS) is 19.4. The molecule has 2 aromatic heterocycles. The van der Waals surface area contributed by atoms with Gasteiger partial charge in [0.2, 0.25) is 0 Å². The Bertz CT molecular complexity index is 829. The number of hydrogen-bond donors (Lipinski definition) is 5. The molecule has 9 heteroatoms. The summed E-state index contributed by atoms with van der Waals surface area (Å²) in [5.74, 6) is -0.559. The average molecular weight is 373 g/mol. The molecule has 0 saturated heterocycles. The van der Waals surface area contributed by atoms with Crippen LogP contribution in [0.5, 0.6) is 0 Å². The summed E-state index contributed by atoms with van der Waals surface area (Å²) in [5, 5.41) is 9.02. The first kappa shape index (κ1) is 18.8. The van der Waals surface area contributed by atoms with E-state index in [0.29, 0.717) is 11.5 Å². The molecule has 2 atom stereocenters. The Morgan fingerprint density at radius 1 is 1.26 bits per heavy atom. The van der Waals surface area contributed by atoms with Crippen LogP contribution in [0.15, 0.2) is 24.4 Å². The monoisotopic (exact) mass is 373 g/mol. The van der Waals surface area contributed by atoms with E-state index in [1.165, 1.54) is 0 Å². The highest BCUT2D eigenvalue weighted by atomic mass is 19.1. The van der Waals surface area contributed by atoms with Crippen molar-refractivity contribution in [2.75, 3.05) is 23.0 Å². The molecule has 7 N–H and O–H groups in total. The minimum Gasteiger partial charge on any atom is -0.373 e. The molecule has 3 rings (SSSR count). The standard InChI is InChI=1S/C18H24FN7O/c1-22-15-8-10(6-7-23-15)24-17-11(16(21)27)9-12(19)18(26-17)25-14-5-3-2-4-13(14)20/h6-9,13-14H,2-5,20H2,1H3,(H2,21,27)(H3,22,23,24,25,26)/t13-,14?/m0/s1. The van der Waals surface area contributed by atoms with Crippen LogP contribution >= 0.6 is 0 Å². The highest BCUT2D eigenvalue weighted by Gasteiger charge is 2.24. The Kier molecular flexibility index (Phi) is 5.70. The molecule has 1 unspecified atom stereocenters. The quantitative estimate of drug-likeness (QED) is 0.524. The number of nitrogens with zero attached hydrogens (tertiary/aromatic N) is 2. The van der Waals surface area contributed by atoms with Gasteiger partial charge in [0.1, 0.15) is 11.6 Å². The third-order valence-corrected chi connectivity index (χ3v) is 4.66. The van der Waals surface area contributed by atoms with Gasteiger partial charge in [-0.05, 0) is 25.0 Å². The lowest BCUT2D eigenvalue weighted by molar-refractivity contribution is 0.100. The molecule has 8 nitrogen and oxygen atoms in total. The molecule has 1 aliphatic rings. The van der Waals surface area contributed by atoms with Gasteiger partial charge in [0.25, 0.3) is 5.91 Å². The highest BCUT2D eigenvalue weighted by molar-refractivity contribution is 5.98. The number of hydrogen-bond acceptors (Lipinski definition) is 7. The molecule has 144 valence electrons. The number of anilines is 4. The number of amides is 1. The van der Waals surface area contributed by atoms with Gasteiger partial charge in [-0.25, -0.2) is 14.4 Å². The number of rotatable bonds is 6. The fourth-order valence-electron chi connectivity index (χ4n) is 3.17. The van der Waals surface area contributed by atoms with Crippen LogP contribution in [0.4, 0.5) is 27.5 Å². The zero-order valence-corrected chi connectivity index (χ0v) is 15.1. The van der Waals surface area contributed by atoms with Gasteiger partial charge in [-0.15, -0.1) is 0 Å². The number of carbonyl (C=O) groups is 1. The molecule has 2 aromatic rings. The van der Waals surface area contributed by atoms with Gasteiger partial charge in [-0.2, -0.15) is 0 Å². The fourth-order valence-corrected chi connectivity index (χ4v) is 3.17. The second-order valence-electron chi connectivity index (χ2n) is 6.58. The van der Waals surface area contributed by atoms with Gasteiger partial charge in [0, 0.05) is 37.1 Å². The summed E-state index contributed by atoms with van der Waals surface area (Å²) in [7, 11) is 1.74. The SMILES string of the molecule is CNc1cc(Nc2nc(NC3CCCC[C@@H]3N)c(F)cc2C(N)=O)ccn1. The second kappa shape index (κ2) is 8.17. The number of nitrogens with two attached hydrogens (primary N) is 2. The number of pyridine rings is 2. The predicted molar refractivity (Wildman–Crippen MR) is 104 cm³/mol. The summed E-state index contributed by atoms with van der Waals surface area (Å²) < 4.78 is 14.5. The lowest BCUT2D eigenvalue weighted by Crippen LogP contribution is -2.43. The molecule has 1 amide bonds. The summed E-state index contributed by atoms with van der Waals surface area (Å²) in [6, 6.07) is 4.41. The third-order valence-electron chi connectivity index (χ3n) is 4.66. The molecular weight excluding hydrogens is 349 g/mol. The Morgan fingerprint density at radius 3 is 2.74 bits per heavy atom. The Morgan fingerprint density at radius 2 is 2.04 bits per heavy atom. The summed E-state index contributed by atoms with van der Waals surface area (Å²) in [6.45, 7) is 0. The van der Waals surface area contributed by atoms with Crippen molar-refractivity contribution < 1.29 is 9.18 Å². The Balaban J connectivity index is 1.91. The van der Waals surface area contributed by atoms with Crippen LogP contribution in [-0.2, 0) is 0 Å². The maximum Gasteiger partial charge on any atom is 0.252 e. The van der Waals surface area contributed by atoms with Gasteiger partial charge in [-0.1, -0.05) is 12.8 Å². The van der Waals surface area contributed by atoms with Crippen molar-refractivity contribution in [1.82, 2.24) is 9.97 Å². The Hall–Kier alpha value is -2.94. The minimum absolute atomic E-state index is 0.0335. The fraction of sp³-hybridized carbons (Fsp3) is 0.389. The van der Waals surface area contributed by atoms with E-state index in [1.54, 1.807) is 25.4 Å². The van der Waals surface area contributed by atoms with Crippen molar-refractivity contribution in [1.29, 1.82) is 0 Å². The first-order valence-corrected chi connectivity index (χ1v) is 8.91. The molecule has 0 radical (unpaired) electrons. The van der Waals surface area contributed by atoms with E-state index >= 15 is 0 Å². The number of primary amides is 1. The topological polar surface area (TPSA) is 131 Å². The van der Waals surface area contributed by atoms with E-state index in [2.05, 4.69) is 25.9 Å². The van der Waals surface area contributed by atoms with Crippen LogP contribution in [0, 0.1) is 5.82 Å². The summed E-state index contributed by atoms with van der Waals surface area (Å²) >= 11 is 0. The van der Waals surface area contributed by atoms with E-state index in [-0.39, 0.29) is 29.3 Å². The van der Waals surface area contributed by atoms with E-state index in [1.807, 2.05) is 0 Å². The molecule has 1 saturated carbocycles. The first-order valence-electron chi connectivity index (χ1n) is 8.91. The van der Waals surface area contributed by atoms with E-state index in [0.717, 1.165) is 31.7 Å². The molecule has 27 heavy (non-hydrogen) atoms. The number of nitrogens with one attached hydrogen (secondary N) is 3. The lowest BCUT2D eigenvalue weighted by atomic mass is 9.91. The van der Waals surface area contributed by atoms with Crippen LogP contribution in [-0.4, -0.2) is 35.0 Å². The van der Waals surface area contributed by atoms with Crippen molar-refractivity contribution in [2.45, 2.75) is 37.8 Å². The van der Waals surface area contributed by atoms with E-state index < -0.39 is 11.7 Å². The van der Waals surface area contributed by atoms with Gasteiger partial charge in [0.15, 0.2) is 11.6 Å². The van der Waals surface area contributed by atoms with Crippen LogP contribution in [0.25, 0.3) is 0 Å². The van der Waals surface area contributed by atoms with Gasteiger partial charge >= 0.3 is 0 Å². The van der Waals surface area contributed by atoms with Crippen molar-refractivity contribution in [3.05, 3.63) is 35.8 Å². The van der Waals surface area contributed by atoms with E-state index in [4.69, 9.17) is 11.5 Å². The predicted octanol–water partition coefficient (Wildman–Crippen LogP) is 2.18. The zero-order valence-electron chi connectivity index (χ0n) is 15.1. The Labute approximate surface area is 156 Å². The summed E-state index contributed by atoms with van der Waals surface area (Å²) in [5.41, 5.74) is 12.1. The zero-order chi connectivity index (χ0) is 19.4. The molecule has 0 bridgehead atoms. The van der Waals surface area contributed by atoms with Crippen molar-refractivity contribution >= 4 is 29.0 Å². The van der Waals surface area contributed by atoms with Crippen LogP contribution in [0.1, 0.15) is 36.0 Å². The maximum atomic E-state index is 14.5. The third kappa shape index (κ3) is 4.43. The van der Waals surface area contributed by atoms with Gasteiger partial charge in [0.05, 0.1) is 5.56 Å². The number of aromatic nitrogens is 2. The molecule has 1 aliphatic carbocycles. The average Bonchev–Trinajstić information content (AvgIpc) is 2.66. The smallest absolute Gasteiger partial charge is 0.252 e. The molecule has 0 spiro atoms. The largest absolute Gasteiger partial charge is 0.373 e. The molecule has 0 aliphatic heterocycles. The van der Waals surface area contributed by atoms with Crippen LogP contribution in [0.2, 0.25) is 0 Å². The molecule has 1 fully saturated rings. The van der Waals surface area contributed by atoms with Gasteiger partial charge in [-0.3, -0.25) is 4.79 Å². The number of carbonyl (C=O) groups excluding carboxylic acids is 1. The van der Waals surface area contributed by atoms with Crippen molar-refractivity contribution in [2.24, 2.45) is 11.5 Å². The summed E-state index contributed by atoms with van der Waals surface area (Å²) in [4.78, 5) is 20.2. The first-order chi connectivity index (χ1) is 13.0. The van der Waals surface area contributed by atoms with E-state index in [9.17, 15) is 9.18 Å². The van der Waals surface area contributed by atoms with Gasteiger partial charge < -0.3 is 27.4 Å². The summed E-state index contributed by atoms with van der Waals surface area (Å²) in [6.07, 6.45) is 5.42. The van der Waals surface area contributed by atoms with Crippen molar-refractivity contribution in [3.63, 3.8) is 0 Å². The molecule has 0 aromatic carbocycles. The maximum absolute atomic E-state index is 14.5. The highest BCUT2D eigenvalue weighted by Crippen LogP contribution is 2.27. The van der Waals surface area contributed by atoms with Crippen LogP contribution in [0.3, 0.4) is 0 Å². The molecule has 2 heterocycles. The molecular formula is C18H24FN7O. The second-order valence-corrected chi connectivity index (χ2v) is 6.58. The minimum atomic E-state index is -0.771.